The Kier molecular flexibility index (Phi) is 10.5. The second-order valence-electron chi connectivity index (χ2n) is 6.98. The van der Waals surface area contributed by atoms with Crippen molar-refractivity contribution in [2.24, 2.45) is 0 Å². The van der Waals surface area contributed by atoms with E-state index < -0.39 is 19.7 Å². The third-order valence-corrected chi connectivity index (χ3v) is 7.40. The minimum Gasteiger partial charge on any atom is -0.593 e. The SMILES string of the molecule is CCOP(Cc1ccc(CN[S+]([O-])c2ccc(OCc3ccccc3)cc2)cc1)OCC. The first-order valence-electron chi connectivity index (χ1n) is 10.7. The second-order valence-corrected chi connectivity index (χ2v) is 9.77. The van der Waals surface area contributed by atoms with Crippen LogP contribution in [0.4, 0.5) is 0 Å². The summed E-state index contributed by atoms with van der Waals surface area (Å²) in [5, 5.41) is 0. The zero-order valence-corrected chi connectivity index (χ0v) is 20.2. The minimum atomic E-state index is -1.29. The molecule has 3 rings (SSSR count). The topological polar surface area (TPSA) is 62.8 Å². The lowest BCUT2D eigenvalue weighted by molar-refractivity contribution is 0.268. The van der Waals surface area contributed by atoms with Crippen LogP contribution in [0.2, 0.25) is 0 Å². The van der Waals surface area contributed by atoms with Gasteiger partial charge in [0.15, 0.2) is 13.3 Å². The van der Waals surface area contributed by atoms with Crippen molar-refractivity contribution >= 4 is 19.7 Å². The summed E-state index contributed by atoms with van der Waals surface area (Å²) in [5.74, 6) is 0.754. The molecule has 0 aliphatic rings. The van der Waals surface area contributed by atoms with Crippen molar-refractivity contribution in [3.8, 4) is 5.75 Å². The molecule has 0 saturated heterocycles. The average molecular weight is 472 g/mol. The number of hydrogen-bond acceptors (Lipinski definition) is 5. The third-order valence-electron chi connectivity index (χ3n) is 4.57. The van der Waals surface area contributed by atoms with Crippen LogP contribution in [-0.4, -0.2) is 17.8 Å². The van der Waals surface area contributed by atoms with Gasteiger partial charge in [0.2, 0.25) is 0 Å². The molecule has 7 heteroatoms. The average Bonchev–Trinajstić information content (AvgIpc) is 2.83. The van der Waals surface area contributed by atoms with Crippen LogP contribution in [0.25, 0.3) is 0 Å². The van der Waals surface area contributed by atoms with Crippen molar-refractivity contribution in [3.63, 3.8) is 0 Å². The Morgan fingerprint density at radius 2 is 1.41 bits per heavy atom. The Hall–Kier alpha value is -1.92. The fourth-order valence-electron chi connectivity index (χ4n) is 2.96. The monoisotopic (exact) mass is 471 g/mol. The molecule has 0 aliphatic heterocycles. The number of ether oxygens (including phenoxy) is 1. The summed E-state index contributed by atoms with van der Waals surface area (Å²) in [6.07, 6.45) is 0.773. The van der Waals surface area contributed by atoms with Crippen LogP contribution >= 0.6 is 8.38 Å². The van der Waals surface area contributed by atoms with Gasteiger partial charge in [-0.3, -0.25) is 0 Å². The highest BCUT2D eigenvalue weighted by atomic mass is 32.2. The highest BCUT2D eigenvalue weighted by Crippen LogP contribution is 2.41. The van der Waals surface area contributed by atoms with Crippen LogP contribution < -0.4 is 9.46 Å². The van der Waals surface area contributed by atoms with Gasteiger partial charge in [-0.2, -0.15) is 0 Å². The number of benzene rings is 3. The molecule has 3 aromatic carbocycles. The van der Waals surface area contributed by atoms with Gasteiger partial charge in [-0.05, 0) is 54.8 Å². The predicted molar refractivity (Wildman–Crippen MR) is 131 cm³/mol. The summed E-state index contributed by atoms with van der Waals surface area (Å²) < 4.78 is 32.8. The molecule has 170 valence electrons. The molecule has 0 fully saturated rings. The van der Waals surface area contributed by atoms with E-state index in [0.29, 0.717) is 31.3 Å². The van der Waals surface area contributed by atoms with Crippen LogP contribution in [0.15, 0.2) is 83.8 Å². The van der Waals surface area contributed by atoms with Crippen molar-refractivity contribution < 1.29 is 18.3 Å². The van der Waals surface area contributed by atoms with Crippen LogP contribution in [0.5, 0.6) is 5.75 Å². The van der Waals surface area contributed by atoms with E-state index in [1.54, 1.807) is 0 Å². The quantitative estimate of drug-likeness (QED) is 0.246. The van der Waals surface area contributed by atoms with E-state index in [0.717, 1.165) is 23.0 Å². The first-order valence-corrected chi connectivity index (χ1v) is 13.2. The van der Waals surface area contributed by atoms with Gasteiger partial charge in [0, 0.05) is 6.16 Å². The predicted octanol–water partition coefficient (Wildman–Crippen LogP) is 5.96. The first kappa shape index (κ1) is 24.7. The van der Waals surface area contributed by atoms with E-state index in [-0.39, 0.29) is 0 Å². The van der Waals surface area contributed by atoms with Gasteiger partial charge in [-0.15, -0.1) is 4.72 Å². The molecular weight excluding hydrogens is 441 g/mol. The molecule has 0 spiro atoms. The molecule has 5 nitrogen and oxygen atoms in total. The molecule has 0 saturated carbocycles. The zero-order valence-electron chi connectivity index (χ0n) is 18.5. The van der Waals surface area contributed by atoms with Gasteiger partial charge in [-0.1, -0.05) is 54.6 Å². The summed E-state index contributed by atoms with van der Waals surface area (Å²) in [5.41, 5.74) is 3.36. The van der Waals surface area contributed by atoms with Crippen molar-refractivity contribution in [1.82, 2.24) is 4.72 Å². The summed E-state index contributed by atoms with van der Waals surface area (Å²) in [6, 6.07) is 25.6. The van der Waals surface area contributed by atoms with Crippen molar-refractivity contribution in [2.75, 3.05) is 13.2 Å². The van der Waals surface area contributed by atoms with Crippen LogP contribution in [0.1, 0.15) is 30.5 Å². The maximum absolute atomic E-state index is 12.6. The summed E-state index contributed by atoms with van der Waals surface area (Å²) in [4.78, 5) is 0.716. The van der Waals surface area contributed by atoms with E-state index in [1.807, 2.05) is 80.6 Å². The van der Waals surface area contributed by atoms with Crippen molar-refractivity contribution in [3.05, 3.63) is 95.6 Å². The molecule has 0 aromatic heterocycles. The smallest absolute Gasteiger partial charge is 0.175 e. The fraction of sp³-hybridized carbons (Fsp3) is 0.280. The molecule has 0 heterocycles. The molecule has 0 radical (unpaired) electrons. The lowest BCUT2D eigenvalue weighted by Crippen LogP contribution is -2.23. The van der Waals surface area contributed by atoms with Crippen molar-refractivity contribution in [1.29, 1.82) is 0 Å². The van der Waals surface area contributed by atoms with Gasteiger partial charge >= 0.3 is 0 Å². The second kappa shape index (κ2) is 13.6. The number of hydrogen-bond donors (Lipinski definition) is 1. The maximum atomic E-state index is 12.6. The standard InChI is InChI=1S/C25H30NO4PS/c1-3-29-31(30-4-2)20-23-12-10-21(11-13-23)18-26-32(27)25-16-14-24(15-17-25)28-19-22-8-6-5-7-9-22/h5-17,26H,3-4,18-20H2,1-2H3. The van der Waals surface area contributed by atoms with E-state index in [2.05, 4.69) is 16.9 Å². The van der Waals surface area contributed by atoms with E-state index in [4.69, 9.17) is 13.8 Å². The largest absolute Gasteiger partial charge is 0.593 e. The number of nitrogens with one attached hydrogen (secondary N) is 1. The maximum Gasteiger partial charge on any atom is 0.175 e. The van der Waals surface area contributed by atoms with E-state index in [1.165, 1.54) is 5.56 Å². The Morgan fingerprint density at radius 3 is 2.03 bits per heavy atom. The molecule has 0 bridgehead atoms. The molecule has 3 aromatic rings. The molecule has 0 aliphatic carbocycles. The van der Waals surface area contributed by atoms with Crippen LogP contribution in [0.3, 0.4) is 0 Å². The number of rotatable bonds is 13. The molecular formula is C25H30NO4PS. The molecule has 32 heavy (non-hydrogen) atoms. The van der Waals surface area contributed by atoms with Crippen molar-refractivity contribution in [2.45, 2.75) is 38.1 Å². The lowest BCUT2D eigenvalue weighted by atomic mass is 10.1. The van der Waals surface area contributed by atoms with E-state index >= 15 is 0 Å². The summed E-state index contributed by atoms with van der Waals surface area (Å²) >= 11 is -1.29. The highest BCUT2D eigenvalue weighted by molar-refractivity contribution is 7.89. The summed E-state index contributed by atoms with van der Waals surface area (Å²) in [7, 11) is -0.889. The molecule has 1 atom stereocenters. The fourth-order valence-corrected chi connectivity index (χ4v) is 5.15. The third kappa shape index (κ3) is 8.21. The first-order chi connectivity index (χ1) is 15.7. The van der Waals surface area contributed by atoms with Gasteiger partial charge in [0.25, 0.3) is 0 Å². The summed E-state index contributed by atoms with van der Waals surface area (Å²) in [6.45, 7) is 6.29. The van der Waals surface area contributed by atoms with Gasteiger partial charge in [-0.25, -0.2) is 0 Å². The zero-order chi connectivity index (χ0) is 22.6. The Balaban J connectivity index is 1.46. The van der Waals surface area contributed by atoms with E-state index in [9.17, 15) is 4.55 Å². The van der Waals surface area contributed by atoms with Gasteiger partial charge in [0.1, 0.15) is 12.4 Å². The Bertz CT molecular complexity index is 903. The molecule has 0 amide bonds. The Labute approximate surface area is 195 Å². The molecule has 1 unspecified atom stereocenters. The van der Waals surface area contributed by atoms with Crippen LogP contribution in [-0.2, 0) is 39.7 Å². The van der Waals surface area contributed by atoms with Gasteiger partial charge < -0.3 is 18.3 Å². The molecule has 1 N–H and O–H groups in total. The minimum absolute atomic E-state index is 0.509. The Morgan fingerprint density at radius 1 is 0.781 bits per heavy atom. The lowest BCUT2D eigenvalue weighted by Gasteiger charge is -2.16. The van der Waals surface area contributed by atoms with Gasteiger partial charge in [0.05, 0.1) is 31.1 Å². The normalized spacial score (nSPS) is 12.1. The highest BCUT2D eigenvalue weighted by Gasteiger charge is 2.13. The van der Waals surface area contributed by atoms with Crippen LogP contribution in [0, 0.1) is 0 Å².